The average molecular weight is 531 g/mol. The van der Waals surface area contributed by atoms with Crippen LogP contribution in [0.15, 0.2) is 35.5 Å². The largest absolute Gasteiger partial charge is 0.490 e. The van der Waals surface area contributed by atoms with Gasteiger partial charge in [0.1, 0.15) is 0 Å². The average Bonchev–Trinajstić information content (AvgIpc) is 2.82. The van der Waals surface area contributed by atoms with Crippen molar-refractivity contribution in [1.82, 2.24) is 14.9 Å². The van der Waals surface area contributed by atoms with E-state index in [1.165, 1.54) is 12.1 Å². The number of anilines is 1. The summed E-state index contributed by atoms with van der Waals surface area (Å²) in [7, 11) is -3.48. The van der Waals surface area contributed by atoms with E-state index >= 15 is 0 Å². The van der Waals surface area contributed by atoms with Crippen LogP contribution in [0.25, 0.3) is 0 Å². The van der Waals surface area contributed by atoms with Gasteiger partial charge < -0.3 is 9.64 Å². The predicted molar refractivity (Wildman–Crippen MR) is 126 cm³/mol. The van der Waals surface area contributed by atoms with Crippen molar-refractivity contribution in [3.8, 4) is 5.75 Å². The van der Waals surface area contributed by atoms with Gasteiger partial charge in [-0.2, -0.15) is 13.2 Å². The molecule has 12 heteroatoms. The van der Waals surface area contributed by atoms with Crippen LogP contribution in [-0.2, 0) is 16.0 Å². The number of rotatable bonds is 6. The molecule has 2 heterocycles. The number of aromatic nitrogens is 2. The van der Waals surface area contributed by atoms with E-state index in [1.807, 2.05) is 4.90 Å². The molecule has 1 saturated carbocycles. The maximum atomic E-state index is 14.2. The first-order chi connectivity index (χ1) is 16.9. The molecule has 1 aliphatic carbocycles. The third kappa shape index (κ3) is 6.26. The van der Waals surface area contributed by atoms with Crippen molar-refractivity contribution in [1.29, 1.82) is 0 Å². The second kappa shape index (κ2) is 10.5. The smallest absolute Gasteiger partial charge is 0.419 e. The Hall–Kier alpha value is -2.47. The van der Waals surface area contributed by atoms with Crippen LogP contribution in [0.4, 0.5) is 23.5 Å². The van der Waals surface area contributed by atoms with Crippen molar-refractivity contribution >= 4 is 15.8 Å². The molecule has 1 saturated heterocycles. The fraction of sp³-hybridized carbons (Fsp3) is 0.583. The van der Waals surface area contributed by atoms with E-state index in [0.29, 0.717) is 31.7 Å². The number of piperazine rings is 1. The molecule has 2 fully saturated rings. The molecule has 2 aromatic rings. The van der Waals surface area contributed by atoms with Gasteiger partial charge >= 0.3 is 6.18 Å². The zero-order valence-electron chi connectivity index (χ0n) is 20.2. The van der Waals surface area contributed by atoms with Crippen molar-refractivity contribution in [2.45, 2.75) is 55.8 Å². The molecule has 1 aromatic heterocycles. The third-order valence-electron chi connectivity index (χ3n) is 7.02. The quantitative estimate of drug-likeness (QED) is 0.519. The Kier molecular flexibility index (Phi) is 7.75. The van der Waals surface area contributed by atoms with E-state index in [4.69, 9.17) is 4.74 Å². The van der Waals surface area contributed by atoms with Gasteiger partial charge in [-0.1, -0.05) is 0 Å². The van der Waals surface area contributed by atoms with E-state index in [2.05, 4.69) is 21.8 Å². The van der Waals surface area contributed by atoms with Crippen molar-refractivity contribution in [2.24, 2.45) is 5.92 Å². The second-order valence-electron chi connectivity index (χ2n) is 9.65. The summed E-state index contributed by atoms with van der Waals surface area (Å²) in [6.07, 6.45) is 2.05. The summed E-state index contributed by atoms with van der Waals surface area (Å²) < 4.78 is 81.3. The Labute approximate surface area is 208 Å². The zero-order valence-corrected chi connectivity index (χ0v) is 21.0. The number of sulfone groups is 1. The topological polar surface area (TPSA) is 75.6 Å². The van der Waals surface area contributed by atoms with Gasteiger partial charge in [0.15, 0.2) is 21.4 Å². The van der Waals surface area contributed by atoms with Crippen LogP contribution in [0.3, 0.4) is 0 Å². The SMILES string of the molecule is C[C@@H]1CN(c2ncc(C(F)(F)F)cn2)CCN1C1CCC(COc2ccc(S(C)(=O)=O)cc2F)CC1. The molecule has 198 valence electrons. The van der Waals surface area contributed by atoms with Gasteiger partial charge in [-0.25, -0.2) is 22.8 Å². The lowest BCUT2D eigenvalue weighted by Crippen LogP contribution is -2.56. The highest BCUT2D eigenvalue weighted by Crippen LogP contribution is 2.32. The summed E-state index contributed by atoms with van der Waals surface area (Å²) in [5.74, 6) is -0.0328. The first kappa shape index (κ1) is 26.6. The number of nitrogens with zero attached hydrogens (tertiary/aromatic N) is 4. The minimum absolute atomic E-state index is 0.0553. The second-order valence-corrected chi connectivity index (χ2v) is 11.7. The van der Waals surface area contributed by atoms with Gasteiger partial charge in [0.05, 0.1) is 17.1 Å². The van der Waals surface area contributed by atoms with Gasteiger partial charge in [0.25, 0.3) is 0 Å². The molecule has 0 bridgehead atoms. The van der Waals surface area contributed by atoms with Crippen molar-refractivity contribution < 1.29 is 30.7 Å². The lowest BCUT2D eigenvalue weighted by atomic mass is 9.85. The molecular formula is C24H30F4N4O3S. The first-order valence-electron chi connectivity index (χ1n) is 11.9. The van der Waals surface area contributed by atoms with E-state index in [1.54, 1.807) is 0 Å². The van der Waals surface area contributed by atoms with E-state index in [-0.39, 0.29) is 22.6 Å². The number of ether oxygens (including phenoxy) is 1. The highest BCUT2D eigenvalue weighted by atomic mass is 32.2. The molecule has 4 rings (SSSR count). The van der Waals surface area contributed by atoms with Crippen molar-refractivity contribution in [3.63, 3.8) is 0 Å². The van der Waals surface area contributed by atoms with Crippen molar-refractivity contribution in [3.05, 3.63) is 42.0 Å². The minimum Gasteiger partial charge on any atom is -0.490 e. The first-order valence-corrected chi connectivity index (χ1v) is 13.8. The van der Waals surface area contributed by atoms with Gasteiger partial charge in [-0.3, -0.25) is 4.90 Å². The molecule has 0 N–H and O–H groups in total. The van der Waals surface area contributed by atoms with Crippen LogP contribution < -0.4 is 9.64 Å². The maximum Gasteiger partial charge on any atom is 0.419 e. The summed E-state index contributed by atoms with van der Waals surface area (Å²) in [6.45, 7) is 4.53. The number of halogens is 4. The van der Waals surface area contributed by atoms with E-state index in [0.717, 1.165) is 56.9 Å². The number of hydrogen-bond acceptors (Lipinski definition) is 7. The molecule has 1 aromatic carbocycles. The van der Waals surface area contributed by atoms with Gasteiger partial charge in [0, 0.05) is 50.4 Å². The molecule has 0 radical (unpaired) electrons. The van der Waals surface area contributed by atoms with Crippen LogP contribution >= 0.6 is 0 Å². The zero-order chi connectivity index (χ0) is 26.1. The van der Waals surface area contributed by atoms with Gasteiger partial charge in [-0.15, -0.1) is 0 Å². The Bertz CT molecular complexity index is 1150. The van der Waals surface area contributed by atoms with Crippen LogP contribution in [0.2, 0.25) is 0 Å². The summed E-state index contributed by atoms with van der Waals surface area (Å²) >= 11 is 0. The summed E-state index contributed by atoms with van der Waals surface area (Å²) in [4.78, 5) is 12.1. The normalized spacial score (nSPS) is 24.1. The molecule has 36 heavy (non-hydrogen) atoms. The van der Waals surface area contributed by atoms with Gasteiger partial charge in [-0.05, 0) is 56.7 Å². The standard InChI is InChI=1S/C24H30F4N4O3S/c1-16-14-31(23-29-12-18(13-30-23)24(26,27)28)9-10-32(16)19-5-3-17(4-6-19)15-35-22-8-7-20(11-21(22)25)36(2,33)34/h7-8,11-13,16-17,19H,3-6,9-10,14-15H2,1-2H3/t16-,17?,19?/m1/s1. The monoisotopic (exact) mass is 530 g/mol. The molecule has 0 spiro atoms. The van der Waals surface area contributed by atoms with Gasteiger partial charge in [0.2, 0.25) is 5.95 Å². The molecule has 1 atom stereocenters. The molecule has 0 unspecified atom stereocenters. The lowest BCUT2D eigenvalue weighted by molar-refractivity contribution is -0.138. The summed E-state index contributed by atoms with van der Waals surface area (Å²) in [6, 6.07) is 4.29. The molecule has 7 nitrogen and oxygen atoms in total. The Morgan fingerprint density at radius 2 is 1.75 bits per heavy atom. The number of alkyl halides is 3. The molecule has 2 aliphatic rings. The summed E-state index contributed by atoms with van der Waals surface area (Å²) in [5, 5.41) is 0. The highest BCUT2D eigenvalue weighted by Gasteiger charge is 2.34. The molecule has 1 aliphatic heterocycles. The minimum atomic E-state index is -4.45. The van der Waals surface area contributed by atoms with Crippen LogP contribution in [0.5, 0.6) is 5.75 Å². The lowest BCUT2D eigenvalue weighted by Gasteiger charge is -2.46. The predicted octanol–water partition coefficient (Wildman–Crippen LogP) is 4.19. The Morgan fingerprint density at radius 1 is 1.08 bits per heavy atom. The highest BCUT2D eigenvalue weighted by molar-refractivity contribution is 7.90. The van der Waals surface area contributed by atoms with E-state index in [9.17, 15) is 26.0 Å². The number of benzene rings is 1. The summed E-state index contributed by atoms with van der Waals surface area (Å²) in [5.41, 5.74) is -0.854. The maximum absolute atomic E-state index is 14.2. The third-order valence-corrected chi connectivity index (χ3v) is 8.13. The molecule has 0 amide bonds. The van der Waals surface area contributed by atoms with Crippen LogP contribution in [0.1, 0.15) is 38.2 Å². The Morgan fingerprint density at radius 3 is 2.31 bits per heavy atom. The fourth-order valence-corrected chi connectivity index (χ4v) is 5.64. The number of hydrogen-bond donors (Lipinski definition) is 0. The van der Waals surface area contributed by atoms with Crippen LogP contribution in [0, 0.1) is 11.7 Å². The van der Waals surface area contributed by atoms with Crippen LogP contribution in [-0.4, -0.2) is 67.9 Å². The Balaban J connectivity index is 1.25. The van der Waals surface area contributed by atoms with E-state index < -0.39 is 27.4 Å². The van der Waals surface area contributed by atoms with Crippen molar-refractivity contribution in [2.75, 3.05) is 37.4 Å². The fourth-order valence-electron chi connectivity index (χ4n) is 5.01. The molecular weight excluding hydrogens is 500 g/mol.